The minimum absolute atomic E-state index is 0.111. The van der Waals surface area contributed by atoms with E-state index in [2.05, 4.69) is 12.2 Å². The maximum absolute atomic E-state index is 11.6. The summed E-state index contributed by atoms with van der Waals surface area (Å²) < 4.78 is 0. The van der Waals surface area contributed by atoms with Crippen LogP contribution in [0.3, 0.4) is 0 Å². The van der Waals surface area contributed by atoms with Gasteiger partial charge in [0.2, 0.25) is 5.91 Å². The van der Waals surface area contributed by atoms with E-state index in [9.17, 15) is 4.79 Å². The molecule has 0 aliphatic rings. The molecule has 26 heavy (non-hydrogen) atoms. The van der Waals surface area contributed by atoms with Gasteiger partial charge in [-0.3, -0.25) is 4.79 Å². The summed E-state index contributed by atoms with van der Waals surface area (Å²) in [5.74, 6) is 0.111. The van der Waals surface area contributed by atoms with Gasteiger partial charge in [-0.25, -0.2) is 0 Å². The van der Waals surface area contributed by atoms with Gasteiger partial charge in [-0.2, -0.15) is 0 Å². The first-order valence-electron chi connectivity index (χ1n) is 11.8. The Morgan fingerprint density at radius 3 is 1.35 bits per heavy atom. The Kier molecular flexibility index (Phi) is 20.3. The van der Waals surface area contributed by atoms with E-state index < -0.39 is 0 Å². The maximum Gasteiger partial charge on any atom is 0.221 e. The third-order valence-electron chi connectivity index (χ3n) is 5.29. The summed E-state index contributed by atoms with van der Waals surface area (Å²) in [5, 5.41) is 2.82. The van der Waals surface area contributed by atoms with Crippen LogP contribution in [-0.2, 0) is 4.79 Å². The van der Waals surface area contributed by atoms with Crippen LogP contribution >= 0.6 is 0 Å². The number of carbonyl (C=O) groups excluding carboxylic acids is 1. The number of rotatable bonds is 20. The molecule has 0 fully saturated rings. The van der Waals surface area contributed by atoms with Gasteiger partial charge >= 0.3 is 0 Å². The number of hydrogen-bond donors (Lipinski definition) is 2. The standard InChI is InChI=1S/C23H48N2O/c1-3-5-6-7-8-9-10-11-12-13-14-15-16-17-18-19-20-21-23(26)25-22(24)4-2/h22H,3-21,24H2,1-2H3,(H,25,26). The van der Waals surface area contributed by atoms with Gasteiger partial charge in [0, 0.05) is 6.42 Å². The molecule has 0 bridgehead atoms. The number of hydrogen-bond acceptors (Lipinski definition) is 2. The third-order valence-corrected chi connectivity index (χ3v) is 5.29. The van der Waals surface area contributed by atoms with E-state index in [1.807, 2.05) is 6.92 Å². The molecule has 3 nitrogen and oxygen atoms in total. The minimum atomic E-state index is -0.173. The molecule has 1 atom stereocenters. The van der Waals surface area contributed by atoms with Crippen LogP contribution in [0.25, 0.3) is 0 Å². The molecule has 0 aromatic heterocycles. The van der Waals surface area contributed by atoms with E-state index >= 15 is 0 Å². The lowest BCUT2D eigenvalue weighted by atomic mass is 10.0. The molecule has 0 aliphatic carbocycles. The van der Waals surface area contributed by atoms with E-state index in [4.69, 9.17) is 5.73 Å². The highest BCUT2D eigenvalue weighted by atomic mass is 16.1. The smallest absolute Gasteiger partial charge is 0.221 e. The third kappa shape index (κ3) is 19.8. The van der Waals surface area contributed by atoms with Gasteiger partial charge in [-0.05, 0) is 12.8 Å². The first kappa shape index (κ1) is 25.4. The first-order chi connectivity index (χ1) is 12.7. The molecule has 0 radical (unpaired) electrons. The predicted octanol–water partition coefficient (Wildman–Crippen LogP) is 6.84. The molecule has 1 amide bonds. The highest BCUT2D eigenvalue weighted by Gasteiger charge is 2.04. The summed E-state index contributed by atoms with van der Waals surface area (Å²) in [4.78, 5) is 11.6. The Balaban J connectivity index is 3.10. The van der Waals surface area contributed by atoms with Crippen molar-refractivity contribution in [3.63, 3.8) is 0 Å². The lowest BCUT2D eigenvalue weighted by Crippen LogP contribution is -2.40. The summed E-state index contributed by atoms with van der Waals surface area (Å²) in [7, 11) is 0. The Labute approximate surface area is 164 Å². The van der Waals surface area contributed by atoms with Crippen molar-refractivity contribution in [2.24, 2.45) is 5.73 Å². The van der Waals surface area contributed by atoms with Crippen molar-refractivity contribution >= 4 is 5.91 Å². The van der Waals surface area contributed by atoms with Crippen molar-refractivity contribution in [1.29, 1.82) is 0 Å². The van der Waals surface area contributed by atoms with Crippen molar-refractivity contribution in [3.05, 3.63) is 0 Å². The van der Waals surface area contributed by atoms with Gasteiger partial charge in [-0.1, -0.05) is 117 Å². The average molecular weight is 369 g/mol. The zero-order valence-corrected chi connectivity index (χ0v) is 18.0. The molecule has 0 aromatic rings. The normalized spacial score (nSPS) is 12.3. The monoisotopic (exact) mass is 368 g/mol. The lowest BCUT2D eigenvalue weighted by molar-refractivity contribution is -0.121. The summed E-state index contributed by atoms with van der Waals surface area (Å²) in [5.41, 5.74) is 5.71. The molecule has 0 heterocycles. The number of unbranched alkanes of at least 4 members (excludes halogenated alkanes) is 16. The molecule has 1 unspecified atom stereocenters. The van der Waals surface area contributed by atoms with Gasteiger partial charge < -0.3 is 11.1 Å². The summed E-state index contributed by atoms with van der Waals surface area (Å²) in [6, 6.07) is 0. The topological polar surface area (TPSA) is 55.1 Å². The van der Waals surface area contributed by atoms with Crippen molar-refractivity contribution < 1.29 is 4.79 Å². The average Bonchev–Trinajstić information content (AvgIpc) is 2.64. The van der Waals surface area contributed by atoms with Crippen LogP contribution in [0.4, 0.5) is 0 Å². The van der Waals surface area contributed by atoms with Crippen LogP contribution in [0.15, 0.2) is 0 Å². The van der Waals surface area contributed by atoms with Crippen LogP contribution < -0.4 is 11.1 Å². The Hall–Kier alpha value is -0.570. The van der Waals surface area contributed by atoms with Crippen molar-refractivity contribution in [2.45, 2.75) is 142 Å². The van der Waals surface area contributed by atoms with E-state index in [1.54, 1.807) is 0 Å². The summed E-state index contributed by atoms with van der Waals surface area (Å²) in [6.45, 7) is 4.27. The fourth-order valence-electron chi connectivity index (χ4n) is 3.39. The summed E-state index contributed by atoms with van der Waals surface area (Å²) >= 11 is 0. The minimum Gasteiger partial charge on any atom is -0.341 e. The first-order valence-corrected chi connectivity index (χ1v) is 11.8. The SMILES string of the molecule is CCCCCCCCCCCCCCCCCCCC(=O)NC(N)CC. The molecule has 0 saturated carbocycles. The van der Waals surface area contributed by atoms with Crippen LogP contribution in [-0.4, -0.2) is 12.1 Å². The fraction of sp³-hybridized carbons (Fsp3) is 0.957. The van der Waals surface area contributed by atoms with Crippen LogP contribution in [0.5, 0.6) is 0 Å². The summed E-state index contributed by atoms with van der Waals surface area (Å²) in [6.07, 6.45) is 24.5. The Morgan fingerprint density at radius 1 is 0.654 bits per heavy atom. The van der Waals surface area contributed by atoms with Gasteiger partial charge in [-0.15, -0.1) is 0 Å². The second-order valence-electron chi connectivity index (χ2n) is 7.99. The van der Waals surface area contributed by atoms with Crippen LogP contribution in [0, 0.1) is 0 Å². The fourth-order valence-corrected chi connectivity index (χ4v) is 3.39. The molecule has 0 saturated heterocycles. The largest absolute Gasteiger partial charge is 0.341 e. The van der Waals surface area contributed by atoms with E-state index in [1.165, 1.54) is 103 Å². The number of carbonyl (C=O) groups is 1. The molecule has 3 heteroatoms. The molecular formula is C23H48N2O. The zero-order valence-electron chi connectivity index (χ0n) is 18.0. The zero-order chi connectivity index (χ0) is 19.3. The highest BCUT2D eigenvalue weighted by Crippen LogP contribution is 2.14. The predicted molar refractivity (Wildman–Crippen MR) is 115 cm³/mol. The van der Waals surface area contributed by atoms with Crippen molar-refractivity contribution in [1.82, 2.24) is 5.32 Å². The highest BCUT2D eigenvalue weighted by molar-refractivity contribution is 5.76. The van der Waals surface area contributed by atoms with E-state index in [0.29, 0.717) is 6.42 Å². The van der Waals surface area contributed by atoms with E-state index in [-0.39, 0.29) is 12.1 Å². The quantitative estimate of drug-likeness (QED) is 0.182. The van der Waals surface area contributed by atoms with Crippen molar-refractivity contribution in [3.8, 4) is 0 Å². The van der Waals surface area contributed by atoms with Gasteiger partial charge in [0.1, 0.15) is 0 Å². The molecular weight excluding hydrogens is 320 g/mol. The Morgan fingerprint density at radius 2 is 1.00 bits per heavy atom. The number of nitrogens with one attached hydrogen (secondary N) is 1. The van der Waals surface area contributed by atoms with Gasteiger partial charge in [0.05, 0.1) is 6.17 Å². The maximum atomic E-state index is 11.6. The van der Waals surface area contributed by atoms with Gasteiger partial charge in [0.25, 0.3) is 0 Å². The number of nitrogens with two attached hydrogens (primary N) is 1. The van der Waals surface area contributed by atoms with E-state index in [0.717, 1.165) is 12.8 Å². The second kappa shape index (κ2) is 20.7. The molecule has 3 N–H and O–H groups in total. The Bertz CT molecular complexity index is 294. The molecule has 156 valence electrons. The second-order valence-corrected chi connectivity index (χ2v) is 7.99. The molecule has 0 aromatic carbocycles. The lowest BCUT2D eigenvalue weighted by Gasteiger charge is -2.10. The molecule has 0 spiro atoms. The van der Waals surface area contributed by atoms with Gasteiger partial charge in [0.15, 0.2) is 0 Å². The van der Waals surface area contributed by atoms with Crippen LogP contribution in [0.1, 0.15) is 136 Å². The molecule has 0 rings (SSSR count). The number of amides is 1. The van der Waals surface area contributed by atoms with Crippen LogP contribution in [0.2, 0.25) is 0 Å². The van der Waals surface area contributed by atoms with Crippen molar-refractivity contribution in [2.75, 3.05) is 0 Å². The molecule has 0 aliphatic heterocycles.